The van der Waals surface area contributed by atoms with Gasteiger partial charge >= 0.3 is 6.18 Å². The van der Waals surface area contributed by atoms with Crippen molar-refractivity contribution < 1.29 is 22.7 Å². The Morgan fingerprint density at radius 3 is 2.05 bits per heavy atom. The van der Waals surface area contributed by atoms with Gasteiger partial charge in [0.1, 0.15) is 12.7 Å². The van der Waals surface area contributed by atoms with Crippen LogP contribution in [0.3, 0.4) is 0 Å². The molecule has 6 heteroatoms. The van der Waals surface area contributed by atoms with Crippen LogP contribution in [0.15, 0.2) is 0 Å². The second-order valence-electron chi connectivity index (χ2n) is 6.63. The smallest absolute Gasteiger partial charge is 0.359 e. The number of hydrogen-bond donors (Lipinski definition) is 0. The Hall–Kier alpha value is -0.780. The standard InChI is InChI=1S/C16H26F3NO2/c1-3-12-4-6-13(7-5-12)20(14-8-9-14)15(21)11(2)22-10-16(17,18)19/h11-14H,3-10H2,1-2H3. The number of halogens is 3. The molecule has 0 aromatic rings. The Morgan fingerprint density at radius 1 is 1.14 bits per heavy atom. The Bertz CT molecular complexity index is 374. The summed E-state index contributed by atoms with van der Waals surface area (Å²) in [5.41, 5.74) is 0. The van der Waals surface area contributed by atoms with Gasteiger partial charge in [-0.3, -0.25) is 4.79 Å². The van der Waals surface area contributed by atoms with Crippen LogP contribution in [0.25, 0.3) is 0 Å². The van der Waals surface area contributed by atoms with E-state index in [2.05, 4.69) is 6.92 Å². The monoisotopic (exact) mass is 321 g/mol. The molecular formula is C16H26F3NO2. The summed E-state index contributed by atoms with van der Waals surface area (Å²) < 4.78 is 41.5. The van der Waals surface area contributed by atoms with Gasteiger partial charge in [0.25, 0.3) is 5.91 Å². The molecule has 0 spiro atoms. The molecule has 1 amide bonds. The van der Waals surface area contributed by atoms with Gasteiger partial charge in [-0.25, -0.2) is 0 Å². The third-order valence-corrected chi connectivity index (χ3v) is 4.83. The van der Waals surface area contributed by atoms with Crippen LogP contribution in [0.4, 0.5) is 13.2 Å². The molecule has 2 aliphatic carbocycles. The van der Waals surface area contributed by atoms with E-state index in [1.54, 1.807) is 0 Å². The number of carbonyl (C=O) groups is 1. The minimum atomic E-state index is -4.39. The number of alkyl halides is 3. The van der Waals surface area contributed by atoms with Crippen LogP contribution in [0.1, 0.15) is 58.8 Å². The van der Waals surface area contributed by atoms with Crippen molar-refractivity contribution in [2.24, 2.45) is 5.92 Å². The number of rotatable bonds is 6. The molecule has 0 radical (unpaired) electrons. The molecule has 0 bridgehead atoms. The third-order valence-electron chi connectivity index (χ3n) is 4.83. The van der Waals surface area contributed by atoms with Gasteiger partial charge in [0.2, 0.25) is 0 Å². The fourth-order valence-electron chi connectivity index (χ4n) is 3.34. The highest BCUT2D eigenvalue weighted by Gasteiger charge is 2.41. The van der Waals surface area contributed by atoms with Crippen molar-refractivity contribution in [3.8, 4) is 0 Å². The predicted molar refractivity (Wildman–Crippen MR) is 77.4 cm³/mol. The number of hydrogen-bond acceptors (Lipinski definition) is 2. The van der Waals surface area contributed by atoms with Gasteiger partial charge in [-0.15, -0.1) is 0 Å². The summed E-state index contributed by atoms with van der Waals surface area (Å²) in [6, 6.07) is 0.396. The lowest BCUT2D eigenvalue weighted by atomic mass is 9.83. The quantitative estimate of drug-likeness (QED) is 0.742. The molecule has 2 aliphatic rings. The van der Waals surface area contributed by atoms with Crippen molar-refractivity contribution in [3.63, 3.8) is 0 Å². The summed E-state index contributed by atoms with van der Waals surface area (Å²) in [6.45, 7) is 2.25. The first-order chi connectivity index (χ1) is 10.3. The second kappa shape index (κ2) is 7.20. The highest BCUT2D eigenvalue weighted by Crippen LogP contribution is 2.36. The average molecular weight is 321 g/mol. The molecule has 128 valence electrons. The first-order valence-electron chi connectivity index (χ1n) is 8.32. The van der Waals surface area contributed by atoms with E-state index in [0.717, 1.165) is 50.9 Å². The predicted octanol–water partition coefficient (Wildman–Crippen LogP) is 3.91. The average Bonchev–Trinajstić information content (AvgIpc) is 3.29. The number of amides is 1. The van der Waals surface area contributed by atoms with Crippen LogP contribution in [0.5, 0.6) is 0 Å². The molecule has 0 saturated heterocycles. The summed E-state index contributed by atoms with van der Waals surface area (Å²) in [5, 5.41) is 0. The molecule has 0 aromatic carbocycles. The molecular weight excluding hydrogens is 295 g/mol. The van der Waals surface area contributed by atoms with Crippen LogP contribution < -0.4 is 0 Å². The van der Waals surface area contributed by atoms with Crippen LogP contribution in [-0.4, -0.2) is 41.8 Å². The molecule has 3 nitrogen and oxygen atoms in total. The molecule has 0 aromatic heterocycles. The molecule has 22 heavy (non-hydrogen) atoms. The van der Waals surface area contributed by atoms with Gasteiger partial charge in [0.15, 0.2) is 0 Å². The van der Waals surface area contributed by atoms with Gasteiger partial charge in [-0.05, 0) is 51.4 Å². The largest absolute Gasteiger partial charge is 0.411 e. The maximum absolute atomic E-state index is 12.5. The van der Waals surface area contributed by atoms with Crippen molar-refractivity contribution in [2.75, 3.05) is 6.61 Å². The van der Waals surface area contributed by atoms with Crippen LogP contribution >= 0.6 is 0 Å². The fraction of sp³-hybridized carbons (Fsp3) is 0.938. The van der Waals surface area contributed by atoms with Crippen molar-refractivity contribution in [1.82, 2.24) is 4.90 Å². The lowest BCUT2D eigenvalue weighted by Gasteiger charge is -2.38. The summed E-state index contributed by atoms with van der Waals surface area (Å²) in [5.74, 6) is 0.456. The molecule has 1 atom stereocenters. The SMILES string of the molecule is CCC1CCC(N(C(=O)C(C)OCC(F)(F)F)C2CC2)CC1. The van der Waals surface area contributed by atoms with Crippen molar-refractivity contribution in [3.05, 3.63) is 0 Å². The summed E-state index contributed by atoms with van der Waals surface area (Å²) in [4.78, 5) is 14.4. The van der Waals surface area contributed by atoms with Crippen LogP contribution in [0.2, 0.25) is 0 Å². The Kier molecular flexibility index (Phi) is 5.75. The zero-order chi connectivity index (χ0) is 16.3. The zero-order valence-corrected chi connectivity index (χ0v) is 13.4. The van der Waals surface area contributed by atoms with E-state index in [1.165, 1.54) is 6.92 Å². The van der Waals surface area contributed by atoms with Gasteiger partial charge in [0, 0.05) is 12.1 Å². The Morgan fingerprint density at radius 2 is 1.64 bits per heavy atom. The maximum atomic E-state index is 12.5. The molecule has 0 heterocycles. The van der Waals surface area contributed by atoms with Crippen LogP contribution in [-0.2, 0) is 9.53 Å². The first kappa shape index (κ1) is 17.6. The molecule has 2 rings (SSSR count). The van der Waals surface area contributed by atoms with E-state index in [0.29, 0.717) is 0 Å². The summed E-state index contributed by atoms with van der Waals surface area (Å²) in [7, 11) is 0. The van der Waals surface area contributed by atoms with E-state index >= 15 is 0 Å². The minimum Gasteiger partial charge on any atom is -0.359 e. The Labute approximate surface area is 130 Å². The normalized spacial score (nSPS) is 27.5. The number of carbonyl (C=O) groups excluding carboxylic acids is 1. The second-order valence-corrected chi connectivity index (χ2v) is 6.63. The fourth-order valence-corrected chi connectivity index (χ4v) is 3.34. The van der Waals surface area contributed by atoms with Gasteiger partial charge in [-0.1, -0.05) is 13.3 Å². The van der Waals surface area contributed by atoms with Crippen molar-refractivity contribution in [1.29, 1.82) is 0 Å². The lowest BCUT2D eigenvalue weighted by Crippen LogP contribution is -2.48. The van der Waals surface area contributed by atoms with Gasteiger partial charge in [-0.2, -0.15) is 13.2 Å². The summed E-state index contributed by atoms with van der Waals surface area (Å²) >= 11 is 0. The van der Waals surface area contributed by atoms with E-state index in [9.17, 15) is 18.0 Å². The highest BCUT2D eigenvalue weighted by molar-refractivity contribution is 5.81. The molecule has 0 N–H and O–H groups in total. The molecule has 0 aliphatic heterocycles. The van der Waals surface area contributed by atoms with Crippen molar-refractivity contribution >= 4 is 5.91 Å². The zero-order valence-electron chi connectivity index (χ0n) is 13.4. The van der Waals surface area contributed by atoms with E-state index in [-0.39, 0.29) is 18.0 Å². The summed E-state index contributed by atoms with van der Waals surface area (Å²) in [6.07, 6.45) is 1.82. The number of nitrogens with zero attached hydrogens (tertiary/aromatic N) is 1. The van der Waals surface area contributed by atoms with E-state index < -0.39 is 18.9 Å². The van der Waals surface area contributed by atoms with Crippen molar-refractivity contribution in [2.45, 2.75) is 83.2 Å². The molecule has 1 unspecified atom stereocenters. The lowest BCUT2D eigenvalue weighted by molar-refractivity contribution is -0.189. The van der Waals surface area contributed by atoms with Crippen LogP contribution in [0, 0.1) is 5.92 Å². The first-order valence-corrected chi connectivity index (χ1v) is 8.32. The minimum absolute atomic E-state index is 0.180. The highest BCUT2D eigenvalue weighted by atomic mass is 19.4. The van der Waals surface area contributed by atoms with E-state index in [4.69, 9.17) is 4.74 Å². The molecule has 2 saturated carbocycles. The number of ether oxygens (including phenoxy) is 1. The Balaban J connectivity index is 1.91. The third kappa shape index (κ3) is 4.86. The molecule has 2 fully saturated rings. The van der Waals surface area contributed by atoms with Gasteiger partial charge in [0.05, 0.1) is 0 Å². The maximum Gasteiger partial charge on any atom is 0.411 e. The van der Waals surface area contributed by atoms with Gasteiger partial charge < -0.3 is 9.64 Å². The topological polar surface area (TPSA) is 29.5 Å². The van der Waals surface area contributed by atoms with E-state index in [1.807, 2.05) is 4.90 Å².